The Morgan fingerprint density at radius 2 is 2.25 bits per heavy atom. The van der Waals surface area contributed by atoms with E-state index >= 15 is 0 Å². The normalized spacial score (nSPS) is 12.1. The molecule has 28 heavy (non-hydrogen) atoms. The molecule has 0 amide bonds. The predicted molar refractivity (Wildman–Crippen MR) is 117 cm³/mol. The van der Waals surface area contributed by atoms with Gasteiger partial charge in [0.05, 0.1) is 16.4 Å². The number of rotatable bonds is 6. The first-order valence-corrected chi connectivity index (χ1v) is 9.58. The van der Waals surface area contributed by atoms with Gasteiger partial charge in [-0.05, 0) is 34.5 Å². The minimum atomic E-state index is 0.452. The third-order valence-corrected chi connectivity index (χ3v) is 4.73. The van der Waals surface area contributed by atoms with Crippen LogP contribution in [0.3, 0.4) is 0 Å². The zero-order valence-corrected chi connectivity index (χ0v) is 17.3. The first-order chi connectivity index (χ1) is 13.6. The second-order valence-corrected chi connectivity index (χ2v) is 6.98. The van der Waals surface area contributed by atoms with Gasteiger partial charge in [-0.3, -0.25) is 0 Å². The molecule has 0 aliphatic heterocycles. The van der Waals surface area contributed by atoms with E-state index in [1.165, 1.54) is 6.21 Å². The third kappa shape index (κ3) is 4.47. The fourth-order valence-electron chi connectivity index (χ4n) is 2.54. The molecule has 6 nitrogen and oxygen atoms in total. The molecule has 0 unspecified atom stereocenters. The van der Waals surface area contributed by atoms with Crippen LogP contribution in [0.25, 0.3) is 16.9 Å². The molecule has 0 aliphatic carbocycles. The Morgan fingerprint density at radius 1 is 1.43 bits per heavy atom. The van der Waals surface area contributed by atoms with Crippen LogP contribution < -0.4 is 5.32 Å². The maximum Gasteiger partial charge on any atom is 0.205 e. The van der Waals surface area contributed by atoms with E-state index in [1.54, 1.807) is 16.9 Å². The van der Waals surface area contributed by atoms with Crippen molar-refractivity contribution in [1.29, 1.82) is 5.26 Å². The first kappa shape index (κ1) is 19.8. The number of nitrogens with zero attached hydrogens (tertiary/aromatic N) is 5. The van der Waals surface area contributed by atoms with Crippen molar-refractivity contribution < 1.29 is 0 Å². The number of nitriles is 1. The van der Waals surface area contributed by atoms with Crippen molar-refractivity contribution in [3.8, 4) is 17.5 Å². The molecule has 0 saturated heterocycles. The molecule has 2 aromatic heterocycles. The van der Waals surface area contributed by atoms with Crippen LogP contribution in [0.2, 0.25) is 5.02 Å². The highest BCUT2D eigenvalue weighted by Crippen LogP contribution is 2.30. The number of nitrogens with one attached hydrogen (secondary N) is 1. The SMILES string of the molecule is C/C=C\C=C(/C=NC#N)CNc1cc(-c2ccccc2Cl)nc2c(Br)cnn12. The quantitative estimate of drug-likeness (QED) is 0.312. The summed E-state index contributed by atoms with van der Waals surface area (Å²) in [6, 6.07) is 9.44. The largest absolute Gasteiger partial charge is 0.366 e. The number of aromatic nitrogens is 3. The average Bonchev–Trinajstić information content (AvgIpc) is 3.08. The summed E-state index contributed by atoms with van der Waals surface area (Å²) < 4.78 is 2.49. The Hall–Kier alpha value is -2.95. The van der Waals surface area contributed by atoms with E-state index in [1.807, 2.05) is 55.5 Å². The van der Waals surface area contributed by atoms with E-state index in [-0.39, 0.29) is 0 Å². The molecule has 0 spiro atoms. The minimum absolute atomic E-state index is 0.452. The van der Waals surface area contributed by atoms with Gasteiger partial charge in [-0.15, -0.1) is 0 Å². The van der Waals surface area contributed by atoms with E-state index in [4.69, 9.17) is 16.9 Å². The molecule has 8 heteroatoms. The van der Waals surface area contributed by atoms with Gasteiger partial charge in [0.15, 0.2) is 5.65 Å². The molecule has 2 heterocycles. The number of allylic oxidation sites excluding steroid dienone is 3. The van der Waals surface area contributed by atoms with Gasteiger partial charge in [0.25, 0.3) is 0 Å². The van der Waals surface area contributed by atoms with E-state index in [0.29, 0.717) is 17.2 Å². The highest BCUT2D eigenvalue weighted by atomic mass is 79.9. The Morgan fingerprint density at radius 3 is 3.00 bits per heavy atom. The van der Waals surface area contributed by atoms with Gasteiger partial charge in [0.1, 0.15) is 5.82 Å². The van der Waals surface area contributed by atoms with Crippen LogP contribution in [0, 0.1) is 11.5 Å². The summed E-state index contributed by atoms with van der Waals surface area (Å²) in [4.78, 5) is 8.35. The maximum atomic E-state index is 8.70. The molecule has 0 fully saturated rings. The topological polar surface area (TPSA) is 78.4 Å². The Balaban J connectivity index is 2.02. The Kier molecular flexibility index (Phi) is 6.58. The van der Waals surface area contributed by atoms with Gasteiger partial charge in [-0.1, -0.05) is 48.0 Å². The lowest BCUT2D eigenvalue weighted by atomic mass is 10.1. The van der Waals surface area contributed by atoms with Crippen molar-refractivity contribution >= 4 is 45.2 Å². The fraction of sp³-hybridized carbons (Fsp3) is 0.100. The second-order valence-electron chi connectivity index (χ2n) is 5.71. The van der Waals surface area contributed by atoms with E-state index in [0.717, 1.165) is 27.1 Å². The van der Waals surface area contributed by atoms with Crippen molar-refractivity contribution in [2.75, 3.05) is 11.9 Å². The smallest absolute Gasteiger partial charge is 0.205 e. The molecule has 3 rings (SSSR count). The summed E-state index contributed by atoms with van der Waals surface area (Å²) in [7, 11) is 0. The number of hydrogen-bond acceptors (Lipinski definition) is 5. The van der Waals surface area contributed by atoms with Crippen molar-refractivity contribution in [3.05, 3.63) is 69.8 Å². The monoisotopic (exact) mass is 454 g/mol. The van der Waals surface area contributed by atoms with Crippen molar-refractivity contribution in [3.63, 3.8) is 0 Å². The summed E-state index contributed by atoms with van der Waals surface area (Å²) in [5, 5.41) is 17.0. The van der Waals surface area contributed by atoms with Crippen molar-refractivity contribution in [2.45, 2.75) is 6.92 Å². The van der Waals surface area contributed by atoms with Gasteiger partial charge in [0, 0.05) is 29.4 Å². The predicted octanol–water partition coefficient (Wildman–Crippen LogP) is 5.28. The lowest BCUT2D eigenvalue weighted by Crippen LogP contribution is -2.10. The Bertz CT molecular complexity index is 1120. The third-order valence-electron chi connectivity index (χ3n) is 3.84. The lowest BCUT2D eigenvalue weighted by molar-refractivity contribution is 0.937. The number of halogens is 2. The minimum Gasteiger partial charge on any atom is -0.366 e. The molecule has 1 aromatic carbocycles. The van der Waals surface area contributed by atoms with Crippen molar-refractivity contribution in [1.82, 2.24) is 14.6 Å². The molecule has 0 bridgehead atoms. The highest BCUT2D eigenvalue weighted by molar-refractivity contribution is 9.10. The molecule has 0 radical (unpaired) electrons. The highest BCUT2D eigenvalue weighted by Gasteiger charge is 2.13. The molecule has 1 N–H and O–H groups in total. The zero-order valence-electron chi connectivity index (χ0n) is 15.0. The molecule has 0 saturated carbocycles. The van der Waals surface area contributed by atoms with Gasteiger partial charge in [-0.2, -0.15) is 19.9 Å². The van der Waals surface area contributed by atoms with Crippen LogP contribution in [0.4, 0.5) is 5.82 Å². The summed E-state index contributed by atoms with van der Waals surface area (Å²) in [6.07, 6.45) is 10.7. The maximum absolute atomic E-state index is 8.70. The molecular formula is C20H16BrClN6. The van der Waals surface area contributed by atoms with Crippen molar-refractivity contribution in [2.24, 2.45) is 4.99 Å². The lowest BCUT2D eigenvalue weighted by Gasteiger charge is -2.12. The van der Waals surface area contributed by atoms with Gasteiger partial charge < -0.3 is 5.32 Å². The van der Waals surface area contributed by atoms with E-state index < -0.39 is 0 Å². The first-order valence-electron chi connectivity index (χ1n) is 8.41. The molecule has 0 atom stereocenters. The van der Waals surface area contributed by atoms with E-state index in [2.05, 4.69) is 36.3 Å². The van der Waals surface area contributed by atoms with Crippen LogP contribution in [-0.2, 0) is 0 Å². The molecular weight excluding hydrogens is 440 g/mol. The summed E-state index contributed by atoms with van der Waals surface area (Å²) in [5.74, 6) is 0.738. The standard InChI is InChI=1S/C20H16BrClN6/c1-2-3-6-14(10-24-13-23)11-25-19-9-18(15-7-4-5-8-17(15)22)27-20-16(21)12-26-28(19)20/h2-10,12,25H,11H2,1H3/b3-2-,14-6+,24-10?. The number of hydrogen-bond donors (Lipinski definition) is 1. The number of fused-ring (bicyclic) bond motifs is 1. The van der Waals surface area contributed by atoms with Gasteiger partial charge in [-0.25, -0.2) is 4.98 Å². The van der Waals surface area contributed by atoms with E-state index in [9.17, 15) is 0 Å². The summed E-state index contributed by atoms with van der Waals surface area (Å²) in [5.41, 5.74) is 3.07. The average molecular weight is 456 g/mol. The summed E-state index contributed by atoms with van der Waals surface area (Å²) >= 11 is 9.85. The zero-order chi connectivity index (χ0) is 19.9. The van der Waals surface area contributed by atoms with Crippen LogP contribution in [0.5, 0.6) is 0 Å². The van der Waals surface area contributed by atoms with Crippen LogP contribution in [-0.4, -0.2) is 27.4 Å². The van der Waals surface area contributed by atoms with Crippen LogP contribution >= 0.6 is 27.5 Å². The Labute approximate surface area is 176 Å². The molecule has 3 aromatic rings. The second kappa shape index (κ2) is 9.31. The number of benzene rings is 1. The van der Waals surface area contributed by atoms with Crippen LogP contribution in [0.1, 0.15) is 6.92 Å². The fourth-order valence-corrected chi connectivity index (χ4v) is 3.12. The number of anilines is 1. The van der Waals surface area contributed by atoms with Crippen LogP contribution in [0.15, 0.2) is 69.8 Å². The summed E-state index contributed by atoms with van der Waals surface area (Å²) in [6.45, 7) is 2.38. The van der Waals surface area contributed by atoms with Gasteiger partial charge in [0.2, 0.25) is 6.19 Å². The number of aliphatic imine (C=N–C) groups is 1. The van der Waals surface area contributed by atoms with Gasteiger partial charge >= 0.3 is 0 Å². The molecule has 0 aliphatic rings. The molecule has 140 valence electrons.